The molecule has 0 bridgehead atoms. The molecule has 4 heterocycles. The maximum atomic E-state index is 12.4. The largest absolute Gasteiger partial charge is 0.438 e. The quantitative estimate of drug-likeness (QED) is 0.665. The van der Waals surface area contributed by atoms with Gasteiger partial charge in [0.1, 0.15) is 5.75 Å². The minimum absolute atomic E-state index is 0.0497. The van der Waals surface area contributed by atoms with Crippen molar-refractivity contribution in [1.82, 2.24) is 20.1 Å². The van der Waals surface area contributed by atoms with E-state index in [4.69, 9.17) is 4.74 Å². The molecular formula is C25H29N5O2. The smallest absolute Gasteiger partial charge is 0.224 e. The molecule has 1 unspecified atom stereocenters. The highest BCUT2D eigenvalue weighted by Gasteiger charge is 2.30. The molecule has 2 aliphatic heterocycles. The Labute approximate surface area is 188 Å². The van der Waals surface area contributed by atoms with E-state index in [1.165, 1.54) is 0 Å². The molecule has 2 aromatic heterocycles. The third-order valence-electron chi connectivity index (χ3n) is 6.53. The highest BCUT2D eigenvalue weighted by Crippen LogP contribution is 2.44. The molecule has 0 radical (unpaired) electrons. The number of ether oxygens (including phenoxy) is 1. The maximum absolute atomic E-state index is 12.4. The fraction of sp³-hybridized carbons (Fsp3) is 0.400. The minimum Gasteiger partial charge on any atom is -0.438 e. The third-order valence-corrected chi connectivity index (χ3v) is 6.53. The van der Waals surface area contributed by atoms with E-state index in [1.54, 1.807) is 13.1 Å². The topological polar surface area (TPSA) is 72.3 Å². The number of aromatic nitrogens is 3. The van der Waals surface area contributed by atoms with E-state index < -0.39 is 0 Å². The van der Waals surface area contributed by atoms with Crippen molar-refractivity contribution in [3.63, 3.8) is 0 Å². The normalized spacial score (nSPS) is 18.9. The summed E-state index contributed by atoms with van der Waals surface area (Å²) in [6.45, 7) is 5.76. The van der Waals surface area contributed by atoms with Crippen molar-refractivity contribution in [2.24, 2.45) is 0 Å². The van der Waals surface area contributed by atoms with E-state index in [2.05, 4.69) is 45.3 Å². The first kappa shape index (κ1) is 20.7. The van der Waals surface area contributed by atoms with Crippen LogP contribution in [0.5, 0.6) is 11.6 Å². The molecule has 0 aliphatic carbocycles. The number of carbonyl (C=O) groups excluding carboxylic acids is 1. The van der Waals surface area contributed by atoms with Crippen molar-refractivity contribution < 1.29 is 9.53 Å². The second-order valence-electron chi connectivity index (χ2n) is 8.68. The van der Waals surface area contributed by atoms with Gasteiger partial charge in [-0.3, -0.25) is 9.48 Å². The minimum atomic E-state index is 0.0497. The molecule has 32 heavy (non-hydrogen) atoms. The van der Waals surface area contributed by atoms with Crippen molar-refractivity contribution in [3.8, 4) is 22.8 Å². The SMILES string of the molecule is CC(=O)N1c2ccc(-c3cnn(C4CCNCC4)c3)c(Oc3ccccn3)c2CCC1C. The molecule has 1 atom stereocenters. The Kier molecular flexibility index (Phi) is 5.66. The molecule has 2 aliphatic rings. The van der Waals surface area contributed by atoms with E-state index in [-0.39, 0.29) is 11.9 Å². The number of fused-ring (bicyclic) bond motifs is 1. The second-order valence-corrected chi connectivity index (χ2v) is 8.68. The summed E-state index contributed by atoms with van der Waals surface area (Å²) in [5, 5.41) is 8.09. The van der Waals surface area contributed by atoms with Gasteiger partial charge in [0.15, 0.2) is 0 Å². The maximum Gasteiger partial charge on any atom is 0.224 e. The van der Waals surface area contributed by atoms with Crippen molar-refractivity contribution in [2.75, 3.05) is 18.0 Å². The Balaban J connectivity index is 1.59. The van der Waals surface area contributed by atoms with Gasteiger partial charge in [-0.15, -0.1) is 0 Å². The number of nitrogens with one attached hydrogen (secondary N) is 1. The Morgan fingerprint density at radius 1 is 1.16 bits per heavy atom. The van der Waals surface area contributed by atoms with Crippen LogP contribution in [0.1, 0.15) is 44.7 Å². The number of hydrogen-bond donors (Lipinski definition) is 1. The molecular weight excluding hydrogens is 402 g/mol. The summed E-state index contributed by atoms with van der Waals surface area (Å²) in [6, 6.07) is 10.3. The first-order chi connectivity index (χ1) is 15.6. The number of carbonyl (C=O) groups is 1. The lowest BCUT2D eigenvalue weighted by atomic mass is 9.92. The Hall–Kier alpha value is -3.19. The summed E-state index contributed by atoms with van der Waals surface area (Å²) in [7, 11) is 0. The van der Waals surface area contributed by atoms with Gasteiger partial charge < -0.3 is 15.0 Å². The van der Waals surface area contributed by atoms with E-state index >= 15 is 0 Å². The lowest BCUT2D eigenvalue weighted by molar-refractivity contribution is -0.117. The van der Waals surface area contributed by atoms with Crippen LogP contribution >= 0.6 is 0 Å². The van der Waals surface area contributed by atoms with Gasteiger partial charge in [-0.25, -0.2) is 4.98 Å². The van der Waals surface area contributed by atoms with Crippen molar-refractivity contribution in [1.29, 1.82) is 0 Å². The lowest BCUT2D eigenvalue weighted by Crippen LogP contribution is -2.40. The van der Waals surface area contributed by atoms with Crippen LogP contribution in [0.3, 0.4) is 0 Å². The summed E-state index contributed by atoms with van der Waals surface area (Å²) in [5.41, 5.74) is 3.98. The van der Waals surface area contributed by atoms with Crippen LogP contribution < -0.4 is 15.0 Å². The molecule has 5 rings (SSSR count). The Morgan fingerprint density at radius 3 is 2.75 bits per heavy atom. The Bertz CT molecular complexity index is 1100. The van der Waals surface area contributed by atoms with Crippen LogP contribution in [0, 0.1) is 0 Å². The van der Waals surface area contributed by atoms with E-state index in [1.807, 2.05) is 29.3 Å². The van der Waals surface area contributed by atoms with E-state index in [0.29, 0.717) is 11.9 Å². The number of rotatable bonds is 4. The average Bonchev–Trinajstić information content (AvgIpc) is 3.30. The van der Waals surface area contributed by atoms with Crippen LogP contribution in [0.25, 0.3) is 11.1 Å². The number of amides is 1. The van der Waals surface area contributed by atoms with Crippen LogP contribution in [0.4, 0.5) is 5.69 Å². The zero-order chi connectivity index (χ0) is 22.1. The van der Waals surface area contributed by atoms with Crippen molar-refractivity contribution >= 4 is 11.6 Å². The summed E-state index contributed by atoms with van der Waals surface area (Å²) >= 11 is 0. The molecule has 7 heteroatoms. The van der Waals surface area contributed by atoms with Gasteiger partial charge in [-0.1, -0.05) is 6.07 Å². The molecule has 1 fully saturated rings. The van der Waals surface area contributed by atoms with E-state index in [0.717, 1.165) is 66.9 Å². The molecule has 0 spiro atoms. The van der Waals surface area contributed by atoms with Crippen LogP contribution in [-0.2, 0) is 11.2 Å². The fourth-order valence-electron chi connectivity index (χ4n) is 4.89. The molecule has 166 valence electrons. The van der Waals surface area contributed by atoms with Crippen LogP contribution in [0.2, 0.25) is 0 Å². The second kappa shape index (κ2) is 8.74. The van der Waals surface area contributed by atoms with Gasteiger partial charge in [0, 0.05) is 48.1 Å². The van der Waals surface area contributed by atoms with Gasteiger partial charge in [0.2, 0.25) is 11.8 Å². The first-order valence-corrected chi connectivity index (χ1v) is 11.4. The van der Waals surface area contributed by atoms with Crippen LogP contribution in [-0.4, -0.2) is 39.8 Å². The summed E-state index contributed by atoms with van der Waals surface area (Å²) in [6.07, 6.45) is 9.66. The molecule has 1 aromatic carbocycles. The van der Waals surface area contributed by atoms with Gasteiger partial charge in [0.25, 0.3) is 0 Å². The highest BCUT2D eigenvalue weighted by atomic mass is 16.5. The van der Waals surface area contributed by atoms with Crippen molar-refractivity contribution in [2.45, 2.75) is 51.6 Å². The van der Waals surface area contributed by atoms with Gasteiger partial charge in [0.05, 0.1) is 17.9 Å². The molecule has 3 aromatic rings. The Morgan fingerprint density at radius 2 is 2.00 bits per heavy atom. The van der Waals surface area contributed by atoms with Gasteiger partial charge in [-0.2, -0.15) is 5.10 Å². The predicted molar refractivity (Wildman–Crippen MR) is 124 cm³/mol. The summed E-state index contributed by atoms with van der Waals surface area (Å²) in [4.78, 5) is 18.7. The van der Waals surface area contributed by atoms with E-state index in [9.17, 15) is 4.79 Å². The average molecular weight is 432 g/mol. The molecule has 1 saturated heterocycles. The number of benzene rings is 1. The summed E-state index contributed by atoms with van der Waals surface area (Å²) in [5.74, 6) is 1.36. The third kappa shape index (κ3) is 3.88. The number of anilines is 1. The lowest BCUT2D eigenvalue weighted by Gasteiger charge is -2.35. The van der Waals surface area contributed by atoms with Crippen molar-refractivity contribution in [3.05, 3.63) is 54.5 Å². The first-order valence-electron chi connectivity index (χ1n) is 11.4. The zero-order valence-corrected chi connectivity index (χ0v) is 18.6. The predicted octanol–water partition coefficient (Wildman–Crippen LogP) is 4.35. The molecule has 7 nitrogen and oxygen atoms in total. The standard InChI is InChI=1S/C25H29N5O2/c1-17-6-7-22-23(30(17)18(2)31)9-8-21(25(22)32-24-5-3-4-12-27-24)19-15-28-29(16-19)20-10-13-26-14-11-20/h3-5,8-9,12,15-17,20,26H,6-7,10-11,13-14H2,1-2H3. The van der Waals surface area contributed by atoms with Gasteiger partial charge >= 0.3 is 0 Å². The number of pyridine rings is 1. The molecule has 0 saturated carbocycles. The number of piperidine rings is 1. The fourth-order valence-corrected chi connectivity index (χ4v) is 4.89. The monoisotopic (exact) mass is 431 g/mol. The van der Waals surface area contributed by atoms with Gasteiger partial charge in [-0.05, 0) is 63.9 Å². The number of hydrogen-bond acceptors (Lipinski definition) is 5. The molecule has 1 N–H and O–H groups in total. The summed E-state index contributed by atoms with van der Waals surface area (Å²) < 4.78 is 8.47. The van der Waals surface area contributed by atoms with Crippen LogP contribution in [0.15, 0.2) is 48.9 Å². The molecule has 1 amide bonds. The number of nitrogens with zero attached hydrogens (tertiary/aromatic N) is 4. The zero-order valence-electron chi connectivity index (χ0n) is 18.6. The highest BCUT2D eigenvalue weighted by molar-refractivity contribution is 5.95.